The van der Waals surface area contributed by atoms with Gasteiger partial charge in [0.15, 0.2) is 0 Å². The molecular formula is C20H20N6S. The van der Waals surface area contributed by atoms with Gasteiger partial charge >= 0.3 is 0 Å². The Morgan fingerprint density at radius 3 is 2.74 bits per heavy atom. The molecule has 0 fully saturated rings. The topological polar surface area (TPSA) is 68.5 Å². The monoisotopic (exact) mass is 376 g/mol. The molecule has 0 bridgehead atoms. The van der Waals surface area contributed by atoms with Crippen LogP contribution in [0.5, 0.6) is 0 Å². The maximum Gasteiger partial charge on any atom is 0.223 e. The van der Waals surface area contributed by atoms with Gasteiger partial charge in [-0.1, -0.05) is 12.1 Å². The van der Waals surface area contributed by atoms with Crippen molar-refractivity contribution in [1.29, 1.82) is 0 Å². The molecular weight excluding hydrogens is 356 g/mol. The number of nitrogens with zero attached hydrogens (tertiary/aromatic N) is 5. The van der Waals surface area contributed by atoms with Crippen LogP contribution in [0, 0.1) is 13.8 Å². The fraction of sp³-hybridized carbons (Fsp3) is 0.200. The third kappa shape index (κ3) is 3.88. The predicted molar refractivity (Wildman–Crippen MR) is 109 cm³/mol. The molecule has 1 N–H and O–H groups in total. The molecule has 0 aromatic carbocycles. The fourth-order valence-corrected chi connectivity index (χ4v) is 3.68. The molecule has 0 atom stereocenters. The first-order chi connectivity index (χ1) is 13.2. The van der Waals surface area contributed by atoms with Crippen LogP contribution in [0.3, 0.4) is 0 Å². The summed E-state index contributed by atoms with van der Waals surface area (Å²) >= 11 is 1.66. The Kier molecular flexibility index (Phi) is 4.93. The van der Waals surface area contributed by atoms with E-state index in [2.05, 4.69) is 44.8 Å². The minimum Gasteiger partial charge on any atom is -0.352 e. The van der Waals surface area contributed by atoms with Gasteiger partial charge in [0.05, 0.1) is 28.5 Å². The second kappa shape index (κ2) is 7.67. The summed E-state index contributed by atoms with van der Waals surface area (Å²) in [5, 5.41) is 9.85. The number of pyridine rings is 1. The highest BCUT2D eigenvalue weighted by molar-refractivity contribution is 7.13. The van der Waals surface area contributed by atoms with E-state index in [1.807, 2.05) is 42.1 Å². The van der Waals surface area contributed by atoms with Gasteiger partial charge in [0, 0.05) is 30.2 Å². The van der Waals surface area contributed by atoms with Gasteiger partial charge in [0.2, 0.25) is 5.95 Å². The van der Waals surface area contributed by atoms with Crippen LogP contribution in [0.15, 0.2) is 54.2 Å². The van der Waals surface area contributed by atoms with Crippen LogP contribution in [-0.4, -0.2) is 31.3 Å². The van der Waals surface area contributed by atoms with Crippen LogP contribution in [0.1, 0.15) is 11.4 Å². The number of hydrogen-bond acceptors (Lipinski definition) is 6. The maximum absolute atomic E-state index is 4.77. The molecule has 4 aromatic heterocycles. The van der Waals surface area contributed by atoms with E-state index < -0.39 is 0 Å². The largest absolute Gasteiger partial charge is 0.352 e. The van der Waals surface area contributed by atoms with E-state index in [1.165, 1.54) is 0 Å². The number of hydrogen-bond donors (Lipinski definition) is 1. The second-order valence-electron chi connectivity index (χ2n) is 6.23. The van der Waals surface area contributed by atoms with Gasteiger partial charge in [-0.2, -0.15) is 5.10 Å². The van der Waals surface area contributed by atoms with E-state index in [9.17, 15) is 0 Å². The van der Waals surface area contributed by atoms with Crippen LogP contribution in [0.25, 0.3) is 21.8 Å². The first kappa shape index (κ1) is 17.4. The van der Waals surface area contributed by atoms with Crippen molar-refractivity contribution in [3.05, 3.63) is 65.6 Å². The van der Waals surface area contributed by atoms with Crippen molar-refractivity contribution in [1.82, 2.24) is 24.7 Å². The minimum atomic E-state index is 0.611. The Morgan fingerprint density at radius 1 is 1.11 bits per heavy atom. The molecule has 0 saturated heterocycles. The Morgan fingerprint density at radius 2 is 2.04 bits per heavy atom. The Bertz CT molecular complexity index is 1020. The zero-order valence-corrected chi connectivity index (χ0v) is 16.1. The molecule has 27 heavy (non-hydrogen) atoms. The van der Waals surface area contributed by atoms with E-state index in [0.29, 0.717) is 12.5 Å². The molecule has 0 aliphatic carbocycles. The van der Waals surface area contributed by atoms with Crippen LogP contribution in [0.4, 0.5) is 5.95 Å². The number of nitrogens with one attached hydrogen (secondary N) is 1. The average molecular weight is 376 g/mol. The Hall–Kier alpha value is -3.06. The van der Waals surface area contributed by atoms with Crippen molar-refractivity contribution in [2.24, 2.45) is 0 Å². The summed E-state index contributed by atoms with van der Waals surface area (Å²) in [6, 6.07) is 12.0. The number of aryl methyl sites for hydroxylation is 2. The molecule has 4 rings (SSSR count). The molecule has 0 spiro atoms. The molecule has 0 unspecified atom stereocenters. The van der Waals surface area contributed by atoms with Crippen molar-refractivity contribution >= 4 is 17.3 Å². The summed E-state index contributed by atoms with van der Waals surface area (Å²) in [7, 11) is 0. The van der Waals surface area contributed by atoms with Gasteiger partial charge in [0.1, 0.15) is 0 Å². The maximum atomic E-state index is 4.77. The highest BCUT2D eigenvalue weighted by atomic mass is 32.1. The lowest BCUT2D eigenvalue weighted by Crippen LogP contribution is -2.14. The lowest BCUT2D eigenvalue weighted by Gasteiger charge is -2.10. The first-order valence-corrected chi connectivity index (χ1v) is 9.66. The van der Waals surface area contributed by atoms with E-state index in [-0.39, 0.29) is 0 Å². The number of aromatic nitrogens is 5. The highest BCUT2D eigenvalue weighted by Gasteiger charge is 2.13. The summed E-state index contributed by atoms with van der Waals surface area (Å²) in [5.41, 5.74) is 4.88. The van der Waals surface area contributed by atoms with Crippen LogP contribution in [0.2, 0.25) is 0 Å². The third-order valence-corrected chi connectivity index (χ3v) is 5.07. The molecule has 4 aromatic rings. The molecule has 6 nitrogen and oxygen atoms in total. The van der Waals surface area contributed by atoms with Crippen molar-refractivity contribution in [3.63, 3.8) is 0 Å². The van der Waals surface area contributed by atoms with Gasteiger partial charge in [0.25, 0.3) is 0 Å². The average Bonchev–Trinajstić information content (AvgIpc) is 3.32. The molecule has 7 heteroatoms. The SMILES string of the molecule is Cc1cc(C)n(CCNc2ncc(-c3ccccn3)c(-c3cccs3)n2)n1. The lowest BCUT2D eigenvalue weighted by molar-refractivity contribution is 0.613. The van der Waals surface area contributed by atoms with Gasteiger partial charge in [-0.25, -0.2) is 9.97 Å². The summed E-state index contributed by atoms with van der Waals surface area (Å²) in [5.74, 6) is 0.611. The van der Waals surface area contributed by atoms with Crippen LogP contribution >= 0.6 is 11.3 Å². The van der Waals surface area contributed by atoms with E-state index in [0.717, 1.165) is 39.8 Å². The van der Waals surface area contributed by atoms with E-state index in [4.69, 9.17) is 4.98 Å². The fourth-order valence-electron chi connectivity index (χ4n) is 2.95. The van der Waals surface area contributed by atoms with Crippen LogP contribution < -0.4 is 5.32 Å². The Labute approximate surface area is 162 Å². The highest BCUT2D eigenvalue weighted by Crippen LogP contribution is 2.32. The summed E-state index contributed by atoms with van der Waals surface area (Å²) < 4.78 is 1.99. The van der Waals surface area contributed by atoms with E-state index in [1.54, 1.807) is 17.5 Å². The Balaban J connectivity index is 1.57. The first-order valence-electron chi connectivity index (χ1n) is 8.78. The smallest absolute Gasteiger partial charge is 0.223 e. The molecule has 0 aliphatic heterocycles. The van der Waals surface area contributed by atoms with Crippen molar-refractivity contribution in [2.45, 2.75) is 20.4 Å². The third-order valence-electron chi connectivity index (χ3n) is 4.19. The van der Waals surface area contributed by atoms with Crippen molar-refractivity contribution in [2.75, 3.05) is 11.9 Å². The predicted octanol–water partition coefficient (Wildman–Crippen LogP) is 4.19. The standard InChI is InChI=1S/C20H20N6S/c1-14-12-15(2)26(25-14)10-9-22-20-23-13-16(17-6-3-4-8-21-17)19(24-20)18-7-5-11-27-18/h3-8,11-13H,9-10H2,1-2H3,(H,22,23,24). The van der Waals surface area contributed by atoms with Crippen molar-refractivity contribution < 1.29 is 0 Å². The lowest BCUT2D eigenvalue weighted by atomic mass is 10.1. The van der Waals surface area contributed by atoms with Crippen molar-refractivity contribution in [3.8, 4) is 21.8 Å². The molecule has 4 heterocycles. The molecule has 136 valence electrons. The molecule has 0 saturated carbocycles. The summed E-state index contributed by atoms with van der Waals surface area (Å²) in [6.45, 7) is 5.53. The molecule has 0 amide bonds. The zero-order chi connectivity index (χ0) is 18.6. The number of rotatable bonds is 6. The molecule has 0 aliphatic rings. The number of thiophene rings is 1. The van der Waals surface area contributed by atoms with Gasteiger partial charge < -0.3 is 5.32 Å². The number of anilines is 1. The van der Waals surface area contributed by atoms with E-state index >= 15 is 0 Å². The van der Waals surface area contributed by atoms with Gasteiger partial charge in [-0.05, 0) is 43.5 Å². The minimum absolute atomic E-state index is 0.611. The zero-order valence-electron chi connectivity index (χ0n) is 15.3. The summed E-state index contributed by atoms with van der Waals surface area (Å²) in [6.07, 6.45) is 3.63. The van der Waals surface area contributed by atoms with Gasteiger partial charge in [-0.15, -0.1) is 11.3 Å². The van der Waals surface area contributed by atoms with Gasteiger partial charge in [-0.3, -0.25) is 9.67 Å². The second-order valence-corrected chi connectivity index (χ2v) is 7.17. The quantitative estimate of drug-likeness (QED) is 0.546. The summed E-state index contributed by atoms with van der Waals surface area (Å²) in [4.78, 5) is 14.8. The molecule has 0 radical (unpaired) electrons. The normalized spacial score (nSPS) is 10.9. The van der Waals surface area contributed by atoms with Crippen LogP contribution in [-0.2, 0) is 6.54 Å².